The summed E-state index contributed by atoms with van der Waals surface area (Å²) < 4.78 is 1.69. The van der Waals surface area contributed by atoms with E-state index in [1.807, 2.05) is 20.9 Å². The number of aryl methyl sites for hydroxylation is 2. The second-order valence-corrected chi connectivity index (χ2v) is 5.08. The Morgan fingerprint density at radius 1 is 1.59 bits per heavy atom. The topological polar surface area (TPSA) is 46.9 Å². The summed E-state index contributed by atoms with van der Waals surface area (Å²) in [5.74, 6) is -0.0428. The van der Waals surface area contributed by atoms with E-state index >= 15 is 0 Å². The molecule has 0 aliphatic heterocycles. The summed E-state index contributed by atoms with van der Waals surface area (Å²) in [6, 6.07) is 0. The van der Waals surface area contributed by atoms with E-state index in [4.69, 9.17) is 0 Å². The first-order chi connectivity index (χ1) is 7.95. The summed E-state index contributed by atoms with van der Waals surface area (Å²) in [5.41, 5.74) is 1.31. The molecular formula is C12H20BrN3O. The van der Waals surface area contributed by atoms with Crippen molar-refractivity contribution in [3.8, 4) is 0 Å². The lowest BCUT2D eigenvalue weighted by Crippen LogP contribution is -2.47. The van der Waals surface area contributed by atoms with Crippen LogP contribution < -0.4 is 5.32 Å². The third-order valence-electron chi connectivity index (χ3n) is 2.98. The molecular weight excluding hydrogens is 282 g/mol. The summed E-state index contributed by atoms with van der Waals surface area (Å²) in [4.78, 5) is 12.2. The summed E-state index contributed by atoms with van der Waals surface area (Å²) in [7, 11) is 1.83. The molecule has 0 aliphatic carbocycles. The van der Waals surface area contributed by atoms with Gasteiger partial charge in [-0.3, -0.25) is 9.48 Å². The van der Waals surface area contributed by atoms with E-state index in [1.165, 1.54) is 0 Å². The van der Waals surface area contributed by atoms with Gasteiger partial charge < -0.3 is 5.32 Å². The van der Waals surface area contributed by atoms with Crippen LogP contribution in [0.1, 0.15) is 43.2 Å². The molecule has 1 atom stereocenters. The van der Waals surface area contributed by atoms with E-state index in [0.717, 1.165) is 23.9 Å². The van der Waals surface area contributed by atoms with Crippen molar-refractivity contribution in [3.63, 3.8) is 0 Å². The van der Waals surface area contributed by atoms with Crippen LogP contribution in [0.15, 0.2) is 6.20 Å². The van der Waals surface area contributed by atoms with Crippen LogP contribution in [0.3, 0.4) is 0 Å². The van der Waals surface area contributed by atoms with Crippen molar-refractivity contribution in [1.82, 2.24) is 15.1 Å². The second kappa shape index (κ2) is 5.67. The lowest BCUT2D eigenvalue weighted by atomic mass is 10.0. The van der Waals surface area contributed by atoms with Gasteiger partial charge >= 0.3 is 0 Å². The van der Waals surface area contributed by atoms with Gasteiger partial charge in [-0.05, 0) is 19.8 Å². The zero-order valence-corrected chi connectivity index (χ0v) is 12.5. The Bertz CT molecular complexity index is 396. The van der Waals surface area contributed by atoms with Crippen LogP contribution in [-0.4, -0.2) is 26.6 Å². The average molecular weight is 302 g/mol. The lowest BCUT2D eigenvalue weighted by Gasteiger charge is -2.27. The van der Waals surface area contributed by atoms with Gasteiger partial charge in [0.15, 0.2) is 0 Å². The number of hydrogen-bond donors (Lipinski definition) is 1. The molecule has 0 radical (unpaired) electrons. The van der Waals surface area contributed by atoms with E-state index in [9.17, 15) is 4.79 Å². The van der Waals surface area contributed by atoms with Crippen LogP contribution in [0.4, 0.5) is 0 Å². The Morgan fingerprint density at radius 3 is 2.71 bits per heavy atom. The molecule has 1 N–H and O–H groups in total. The molecule has 0 bridgehead atoms. The quantitative estimate of drug-likeness (QED) is 0.848. The van der Waals surface area contributed by atoms with Gasteiger partial charge in [0.1, 0.15) is 0 Å². The average Bonchev–Trinajstić information content (AvgIpc) is 2.70. The van der Waals surface area contributed by atoms with Gasteiger partial charge in [0.05, 0.1) is 11.3 Å². The lowest BCUT2D eigenvalue weighted by molar-refractivity contribution is 0.0912. The Balaban J connectivity index is 2.89. The first-order valence-corrected chi connectivity index (χ1v) is 6.99. The van der Waals surface area contributed by atoms with Gasteiger partial charge in [-0.1, -0.05) is 29.8 Å². The van der Waals surface area contributed by atoms with E-state index in [1.54, 1.807) is 10.9 Å². The molecule has 5 heteroatoms. The maximum atomic E-state index is 12.2. The Hall–Kier alpha value is -0.840. The van der Waals surface area contributed by atoms with Gasteiger partial charge in [-0.25, -0.2) is 0 Å². The molecule has 17 heavy (non-hydrogen) atoms. The highest BCUT2D eigenvalue weighted by molar-refractivity contribution is 9.09. The summed E-state index contributed by atoms with van der Waals surface area (Å²) in [6.45, 7) is 6.09. The van der Waals surface area contributed by atoms with Gasteiger partial charge in [0.25, 0.3) is 5.91 Å². The third kappa shape index (κ3) is 3.31. The van der Waals surface area contributed by atoms with Crippen molar-refractivity contribution >= 4 is 21.8 Å². The molecule has 1 aromatic heterocycles. The first-order valence-electron chi connectivity index (χ1n) is 5.86. The minimum Gasteiger partial charge on any atom is -0.346 e. The Labute approximate surface area is 111 Å². The molecule has 0 fully saturated rings. The van der Waals surface area contributed by atoms with Crippen LogP contribution in [0.5, 0.6) is 0 Å². The minimum absolute atomic E-state index is 0.0428. The minimum atomic E-state index is -0.210. The molecule has 4 nitrogen and oxygen atoms in total. The molecule has 0 saturated heterocycles. The number of hydrogen-bond acceptors (Lipinski definition) is 2. The fourth-order valence-electron chi connectivity index (χ4n) is 1.54. The molecule has 96 valence electrons. The number of aromatic nitrogens is 2. The van der Waals surface area contributed by atoms with Crippen molar-refractivity contribution in [3.05, 3.63) is 17.5 Å². The van der Waals surface area contributed by atoms with Gasteiger partial charge in [0, 0.05) is 24.1 Å². The monoisotopic (exact) mass is 301 g/mol. The normalized spacial score (nSPS) is 14.4. The Morgan fingerprint density at radius 2 is 2.24 bits per heavy atom. The molecule has 1 aromatic rings. The SMILES string of the molecule is CCc1nn(C)cc1C(=O)NC(C)(CC)CBr. The van der Waals surface area contributed by atoms with Crippen LogP contribution in [-0.2, 0) is 13.5 Å². The molecule has 0 saturated carbocycles. The maximum Gasteiger partial charge on any atom is 0.255 e. The van der Waals surface area contributed by atoms with Crippen molar-refractivity contribution in [1.29, 1.82) is 0 Å². The van der Waals surface area contributed by atoms with Gasteiger partial charge in [-0.15, -0.1) is 0 Å². The smallest absolute Gasteiger partial charge is 0.255 e. The predicted octanol–water partition coefficient (Wildman–Crippen LogP) is 2.28. The standard InChI is InChI=1S/C12H20BrN3O/c1-5-10-9(7-16(4)15-10)11(17)14-12(3,6-2)8-13/h7H,5-6,8H2,1-4H3,(H,14,17). The van der Waals surface area contributed by atoms with Gasteiger partial charge in [0.2, 0.25) is 0 Å². The molecule has 1 amide bonds. The highest BCUT2D eigenvalue weighted by Gasteiger charge is 2.25. The van der Waals surface area contributed by atoms with Crippen molar-refractivity contribution in [2.24, 2.45) is 7.05 Å². The summed E-state index contributed by atoms with van der Waals surface area (Å²) >= 11 is 3.44. The van der Waals surface area contributed by atoms with Crippen molar-refractivity contribution in [2.75, 3.05) is 5.33 Å². The highest BCUT2D eigenvalue weighted by Crippen LogP contribution is 2.15. The van der Waals surface area contributed by atoms with Crippen LogP contribution in [0.25, 0.3) is 0 Å². The number of carbonyl (C=O) groups is 1. The summed E-state index contributed by atoms with van der Waals surface area (Å²) in [6.07, 6.45) is 3.42. The third-order valence-corrected chi connectivity index (χ3v) is 4.21. The number of nitrogens with one attached hydrogen (secondary N) is 1. The highest BCUT2D eigenvalue weighted by atomic mass is 79.9. The van der Waals surface area contributed by atoms with E-state index < -0.39 is 0 Å². The van der Waals surface area contributed by atoms with Crippen molar-refractivity contribution < 1.29 is 4.79 Å². The fraction of sp³-hybridized carbons (Fsp3) is 0.667. The first kappa shape index (κ1) is 14.2. The molecule has 1 rings (SSSR count). The fourth-order valence-corrected chi connectivity index (χ4v) is 2.08. The van der Waals surface area contributed by atoms with Crippen LogP contribution >= 0.6 is 15.9 Å². The number of nitrogens with zero attached hydrogens (tertiary/aromatic N) is 2. The maximum absolute atomic E-state index is 12.2. The number of alkyl halides is 1. The molecule has 1 heterocycles. The van der Waals surface area contributed by atoms with E-state index in [2.05, 4.69) is 33.3 Å². The zero-order valence-electron chi connectivity index (χ0n) is 10.9. The second-order valence-electron chi connectivity index (χ2n) is 4.52. The predicted molar refractivity (Wildman–Crippen MR) is 72.5 cm³/mol. The molecule has 1 unspecified atom stereocenters. The molecule has 0 aromatic carbocycles. The van der Waals surface area contributed by atoms with E-state index in [-0.39, 0.29) is 11.4 Å². The van der Waals surface area contributed by atoms with Crippen molar-refractivity contribution in [2.45, 2.75) is 39.2 Å². The van der Waals surface area contributed by atoms with E-state index in [0.29, 0.717) is 5.56 Å². The van der Waals surface area contributed by atoms with Crippen LogP contribution in [0, 0.1) is 0 Å². The Kier molecular flexibility index (Phi) is 4.74. The largest absolute Gasteiger partial charge is 0.346 e. The van der Waals surface area contributed by atoms with Crippen LogP contribution in [0.2, 0.25) is 0 Å². The van der Waals surface area contributed by atoms with Gasteiger partial charge in [-0.2, -0.15) is 5.10 Å². The molecule has 0 spiro atoms. The number of halogens is 1. The summed E-state index contributed by atoms with van der Waals surface area (Å²) in [5, 5.41) is 8.07. The number of amides is 1. The zero-order chi connectivity index (χ0) is 13.1. The number of rotatable bonds is 5. The number of carbonyl (C=O) groups excluding carboxylic acids is 1. The molecule has 0 aliphatic rings.